The Hall–Kier alpha value is -5.10. The molecule has 3 N–H and O–H groups in total. The molecule has 3 amide bonds. The highest BCUT2D eigenvalue weighted by atomic mass is 35.5. The van der Waals surface area contributed by atoms with Crippen LogP contribution >= 0.6 is 35.0 Å². The zero-order chi connectivity index (χ0) is 35.1. The molecule has 5 rings (SSSR count). The summed E-state index contributed by atoms with van der Waals surface area (Å²) >= 11 is 13.4. The van der Waals surface area contributed by atoms with Gasteiger partial charge in [-0.2, -0.15) is 0 Å². The summed E-state index contributed by atoms with van der Waals surface area (Å²) in [6.07, 6.45) is 1.37. The van der Waals surface area contributed by atoms with Gasteiger partial charge in [-0.25, -0.2) is 17.6 Å². The summed E-state index contributed by atoms with van der Waals surface area (Å²) in [4.78, 5) is 40.4. The zero-order valence-electron chi connectivity index (χ0n) is 24.9. The maximum Gasteiger partial charge on any atom is 0.272 e. The normalized spacial score (nSPS) is 11.8. The van der Waals surface area contributed by atoms with Crippen LogP contribution in [0.1, 0.15) is 26.7 Å². The molecule has 0 saturated heterocycles. The van der Waals surface area contributed by atoms with Gasteiger partial charge in [-0.1, -0.05) is 89.9 Å². The fourth-order valence-electron chi connectivity index (χ4n) is 4.48. The Morgan fingerprint density at radius 3 is 2.02 bits per heavy atom. The molecule has 0 fully saturated rings. The highest BCUT2D eigenvalue weighted by Crippen LogP contribution is 2.38. The van der Waals surface area contributed by atoms with Gasteiger partial charge in [0.15, 0.2) is 23.3 Å². The lowest BCUT2D eigenvalue weighted by Gasteiger charge is -2.18. The van der Waals surface area contributed by atoms with E-state index in [9.17, 15) is 31.9 Å². The van der Waals surface area contributed by atoms with Gasteiger partial charge in [-0.05, 0) is 53.6 Å². The van der Waals surface area contributed by atoms with Gasteiger partial charge in [-0.15, -0.1) is 11.8 Å². The molecule has 5 aromatic carbocycles. The first-order valence-corrected chi connectivity index (χ1v) is 15.9. The van der Waals surface area contributed by atoms with Gasteiger partial charge < -0.3 is 16.0 Å². The lowest BCUT2D eigenvalue weighted by atomic mass is 10.1. The van der Waals surface area contributed by atoms with Gasteiger partial charge in [-0.3, -0.25) is 14.4 Å². The molecule has 0 radical (unpaired) electrons. The molecule has 1 atom stereocenters. The summed E-state index contributed by atoms with van der Waals surface area (Å²) in [5.74, 6) is -9.11. The first-order valence-electron chi connectivity index (χ1n) is 14.3. The SMILES string of the molecule is O=C(Nc1cccc(SC(C(=O)Nc2c(F)c(F)cc(F)c2F)c2ccccc2)c1)/C(=C\c1cccc(Cl)c1Cl)NC(=O)c1ccccc1. The average molecular weight is 725 g/mol. The van der Waals surface area contributed by atoms with Crippen LogP contribution in [0.2, 0.25) is 10.0 Å². The number of carbonyl (C=O) groups excluding carboxylic acids is 3. The van der Waals surface area contributed by atoms with Crippen molar-refractivity contribution in [3.63, 3.8) is 0 Å². The minimum Gasteiger partial charge on any atom is -0.321 e. The fourth-order valence-corrected chi connectivity index (χ4v) is 5.93. The van der Waals surface area contributed by atoms with E-state index in [1.54, 1.807) is 97.1 Å². The summed E-state index contributed by atoms with van der Waals surface area (Å²) in [7, 11) is 0. The second kappa shape index (κ2) is 15.9. The van der Waals surface area contributed by atoms with Crippen molar-refractivity contribution in [2.45, 2.75) is 10.1 Å². The molecule has 248 valence electrons. The van der Waals surface area contributed by atoms with Gasteiger partial charge in [0.05, 0.1) is 10.0 Å². The monoisotopic (exact) mass is 723 g/mol. The number of hydrogen-bond donors (Lipinski definition) is 3. The third kappa shape index (κ3) is 8.69. The van der Waals surface area contributed by atoms with Crippen molar-refractivity contribution in [1.29, 1.82) is 0 Å². The van der Waals surface area contributed by atoms with Crippen LogP contribution in [0.15, 0.2) is 120 Å². The largest absolute Gasteiger partial charge is 0.321 e. The summed E-state index contributed by atoms with van der Waals surface area (Å²) in [6, 6.07) is 27.5. The molecule has 0 aliphatic rings. The van der Waals surface area contributed by atoms with Crippen molar-refractivity contribution in [3.05, 3.63) is 165 Å². The van der Waals surface area contributed by atoms with E-state index in [-0.39, 0.29) is 27.5 Å². The van der Waals surface area contributed by atoms with Gasteiger partial charge in [0.2, 0.25) is 5.91 Å². The highest BCUT2D eigenvalue weighted by Gasteiger charge is 2.27. The minimum atomic E-state index is -1.75. The summed E-state index contributed by atoms with van der Waals surface area (Å²) in [6.45, 7) is 0. The summed E-state index contributed by atoms with van der Waals surface area (Å²) in [5.41, 5.74) is -0.110. The Morgan fingerprint density at radius 1 is 0.714 bits per heavy atom. The Labute approximate surface area is 292 Å². The van der Waals surface area contributed by atoms with Gasteiger partial charge in [0.25, 0.3) is 11.8 Å². The van der Waals surface area contributed by atoms with E-state index in [0.717, 1.165) is 11.8 Å². The van der Waals surface area contributed by atoms with Crippen LogP contribution in [0, 0.1) is 23.3 Å². The molecule has 0 aliphatic heterocycles. The van der Waals surface area contributed by atoms with Crippen molar-refractivity contribution in [1.82, 2.24) is 5.32 Å². The predicted molar refractivity (Wildman–Crippen MR) is 183 cm³/mol. The Bertz CT molecular complexity index is 2040. The highest BCUT2D eigenvalue weighted by molar-refractivity contribution is 8.00. The van der Waals surface area contributed by atoms with Crippen molar-refractivity contribution in [2.75, 3.05) is 10.6 Å². The van der Waals surface area contributed by atoms with Crippen LogP contribution in [0.5, 0.6) is 0 Å². The molecular weight excluding hydrogens is 701 g/mol. The van der Waals surface area contributed by atoms with Crippen molar-refractivity contribution >= 4 is 70.1 Å². The fraction of sp³-hybridized carbons (Fsp3) is 0.0278. The molecule has 49 heavy (non-hydrogen) atoms. The number of nitrogens with one attached hydrogen (secondary N) is 3. The number of halogens is 6. The van der Waals surface area contributed by atoms with Gasteiger partial charge >= 0.3 is 0 Å². The first kappa shape index (κ1) is 35.2. The van der Waals surface area contributed by atoms with Crippen molar-refractivity contribution in [2.24, 2.45) is 0 Å². The molecule has 0 saturated carbocycles. The molecule has 0 bridgehead atoms. The van der Waals surface area contributed by atoms with E-state index >= 15 is 0 Å². The zero-order valence-corrected chi connectivity index (χ0v) is 27.3. The van der Waals surface area contributed by atoms with Gasteiger partial charge in [0.1, 0.15) is 16.6 Å². The third-order valence-corrected chi connectivity index (χ3v) is 8.94. The minimum absolute atomic E-state index is 0.0425. The van der Waals surface area contributed by atoms with Crippen molar-refractivity contribution < 1.29 is 31.9 Å². The van der Waals surface area contributed by atoms with E-state index in [1.165, 1.54) is 12.1 Å². The number of hydrogen-bond acceptors (Lipinski definition) is 4. The maximum absolute atomic E-state index is 14.4. The number of rotatable bonds is 10. The smallest absolute Gasteiger partial charge is 0.272 e. The predicted octanol–water partition coefficient (Wildman–Crippen LogP) is 9.43. The second-order valence-electron chi connectivity index (χ2n) is 10.2. The number of carbonyl (C=O) groups is 3. The first-order chi connectivity index (χ1) is 23.5. The molecule has 13 heteroatoms. The topological polar surface area (TPSA) is 87.3 Å². The van der Waals surface area contributed by atoms with E-state index in [0.29, 0.717) is 21.6 Å². The number of thioether (sulfide) groups is 1. The molecule has 6 nitrogen and oxygen atoms in total. The van der Waals surface area contributed by atoms with Crippen LogP contribution in [-0.4, -0.2) is 17.7 Å². The van der Waals surface area contributed by atoms with Crippen LogP contribution in [0.3, 0.4) is 0 Å². The molecule has 0 spiro atoms. The average Bonchev–Trinajstić information content (AvgIpc) is 3.10. The van der Waals surface area contributed by atoms with Crippen LogP contribution in [0.4, 0.5) is 28.9 Å². The quantitative estimate of drug-likeness (QED) is 0.0580. The van der Waals surface area contributed by atoms with Gasteiger partial charge in [0, 0.05) is 22.2 Å². The Kier molecular flexibility index (Phi) is 11.4. The molecular formula is C36H23Cl2F4N3O3S. The Morgan fingerprint density at radius 2 is 1.35 bits per heavy atom. The van der Waals surface area contributed by atoms with E-state index < -0.39 is 51.9 Å². The summed E-state index contributed by atoms with van der Waals surface area (Å²) in [5, 5.41) is 6.52. The van der Waals surface area contributed by atoms with Crippen LogP contribution in [-0.2, 0) is 9.59 Å². The summed E-state index contributed by atoms with van der Waals surface area (Å²) < 4.78 is 56.5. The third-order valence-electron chi connectivity index (χ3n) is 6.86. The van der Waals surface area contributed by atoms with Crippen LogP contribution < -0.4 is 16.0 Å². The molecule has 0 heterocycles. The van der Waals surface area contributed by atoms with E-state index in [1.807, 2.05) is 5.32 Å². The molecule has 5 aromatic rings. The standard InChI is InChI=1S/C36H23Cl2F4N3O3S/c37-25-16-7-13-22(29(25)38)17-28(44-34(46)21-11-5-2-6-12-21)35(47)43-23-14-8-15-24(18-23)49-33(20-9-3-1-4-10-20)36(48)45-32-30(41)26(39)19-27(40)31(32)42/h1-19,33H,(H,43,47)(H,44,46)(H,45,48)/b28-17+. The Balaban J connectivity index is 1.42. The maximum atomic E-state index is 14.4. The number of anilines is 2. The van der Waals surface area contributed by atoms with E-state index in [2.05, 4.69) is 10.6 Å². The van der Waals surface area contributed by atoms with Crippen molar-refractivity contribution in [3.8, 4) is 0 Å². The molecule has 0 aliphatic carbocycles. The number of amides is 3. The van der Waals surface area contributed by atoms with Crippen LogP contribution in [0.25, 0.3) is 6.08 Å². The number of benzene rings is 5. The van der Waals surface area contributed by atoms with E-state index in [4.69, 9.17) is 23.2 Å². The second-order valence-corrected chi connectivity index (χ2v) is 12.2. The lowest BCUT2D eigenvalue weighted by molar-refractivity contribution is -0.116. The molecule has 1 unspecified atom stereocenters. The molecule has 0 aromatic heterocycles. The lowest BCUT2D eigenvalue weighted by Crippen LogP contribution is -2.30.